The number of rotatable bonds is 8. The molecule has 0 radical (unpaired) electrons. The van der Waals surface area contributed by atoms with Gasteiger partial charge in [0.25, 0.3) is 20.2 Å². The number of anilines is 1. The van der Waals surface area contributed by atoms with Gasteiger partial charge in [0.05, 0.1) is 5.69 Å². The molecular weight excluding hydrogens is 578 g/mol. The van der Waals surface area contributed by atoms with E-state index in [-0.39, 0.29) is 17.2 Å². The van der Waals surface area contributed by atoms with Crippen LogP contribution in [0.1, 0.15) is 24.7 Å². The molecule has 2 heterocycles. The minimum Gasteiger partial charge on any atom is -0.456 e. The average Bonchev–Trinajstić information content (AvgIpc) is 3.38. The summed E-state index contributed by atoms with van der Waals surface area (Å²) in [6.07, 6.45) is 3.60. The molecule has 4 aromatic rings. The maximum atomic E-state index is 12.0. The SMILES string of the molecule is CCC(=C/c1oc2ccc(-c3ccccc3)cc2c1CS(=O)(=O)O)/C=C1/Oc2ccc(Cl)cc2N1CS(=O)(=O)O. The largest absolute Gasteiger partial charge is 0.456 e. The van der Waals surface area contributed by atoms with Crippen LogP contribution in [0.25, 0.3) is 28.2 Å². The molecule has 1 aromatic heterocycles. The molecule has 0 atom stereocenters. The number of benzene rings is 3. The predicted molar refractivity (Wildman–Crippen MR) is 154 cm³/mol. The van der Waals surface area contributed by atoms with E-state index >= 15 is 0 Å². The van der Waals surface area contributed by atoms with E-state index in [1.165, 1.54) is 11.0 Å². The fourth-order valence-corrected chi connectivity index (χ4v) is 5.90. The molecule has 0 amide bonds. The van der Waals surface area contributed by atoms with E-state index in [0.717, 1.165) is 11.1 Å². The summed E-state index contributed by atoms with van der Waals surface area (Å²) in [4.78, 5) is 1.27. The van der Waals surface area contributed by atoms with Crippen LogP contribution in [-0.2, 0) is 26.0 Å². The zero-order chi connectivity index (χ0) is 28.7. The highest BCUT2D eigenvalue weighted by molar-refractivity contribution is 7.85. The molecule has 12 heteroatoms. The van der Waals surface area contributed by atoms with Crippen LogP contribution < -0.4 is 9.64 Å². The van der Waals surface area contributed by atoms with E-state index in [2.05, 4.69) is 0 Å². The lowest BCUT2D eigenvalue weighted by Crippen LogP contribution is -2.27. The molecule has 5 rings (SSSR count). The van der Waals surface area contributed by atoms with Gasteiger partial charge in [0.2, 0.25) is 5.88 Å². The van der Waals surface area contributed by atoms with Crippen LogP contribution in [0.5, 0.6) is 5.75 Å². The first-order chi connectivity index (χ1) is 18.9. The number of halogens is 1. The molecule has 1 aliphatic heterocycles. The van der Waals surface area contributed by atoms with E-state index in [0.29, 0.717) is 39.4 Å². The molecule has 208 valence electrons. The Kier molecular flexibility index (Phi) is 7.51. The van der Waals surface area contributed by atoms with Crippen molar-refractivity contribution in [3.8, 4) is 16.9 Å². The van der Waals surface area contributed by atoms with E-state index < -0.39 is 31.9 Å². The first kappa shape index (κ1) is 27.9. The molecule has 40 heavy (non-hydrogen) atoms. The van der Waals surface area contributed by atoms with Crippen molar-refractivity contribution in [2.45, 2.75) is 19.1 Å². The van der Waals surface area contributed by atoms with Crippen molar-refractivity contribution >= 4 is 54.6 Å². The molecular formula is C28H24ClNO8S2. The highest BCUT2D eigenvalue weighted by Gasteiger charge is 2.30. The van der Waals surface area contributed by atoms with Crippen molar-refractivity contribution < 1.29 is 35.1 Å². The molecule has 3 aromatic carbocycles. The van der Waals surface area contributed by atoms with Crippen molar-refractivity contribution in [1.82, 2.24) is 0 Å². The lowest BCUT2D eigenvalue weighted by atomic mass is 10.0. The number of ether oxygens (including phenoxy) is 1. The third-order valence-electron chi connectivity index (χ3n) is 6.27. The summed E-state index contributed by atoms with van der Waals surface area (Å²) < 4.78 is 78.7. The molecule has 0 unspecified atom stereocenters. The summed E-state index contributed by atoms with van der Waals surface area (Å²) in [6, 6.07) is 19.6. The highest BCUT2D eigenvalue weighted by Crippen LogP contribution is 2.41. The Balaban J connectivity index is 1.62. The normalized spacial score (nSPS) is 15.1. The molecule has 0 saturated carbocycles. The summed E-state index contributed by atoms with van der Waals surface area (Å²) in [7, 11) is -8.86. The Morgan fingerprint density at radius 2 is 1.70 bits per heavy atom. The fourth-order valence-electron chi connectivity index (χ4n) is 4.48. The molecule has 2 N–H and O–H groups in total. The molecule has 0 saturated heterocycles. The monoisotopic (exact) mass is 601 g/mol. The number of furan rings is 1. The zero-order valence-electron chi connectivity index (χ0n) is 21.1. The number of fused-ring (bicyclic) bond motifs is 2. The van der Waals surface area contributed by atoms with Gasteiger partial charge in [0.1, 0.15) is 17.1 Å². The van der Waals surface area contributed by atoms with Crippen LogP contribution in [0.3, 0.4) is 0 Å². The Bertz CT molecular complexity index is 1880. The van der Waals surface area contributed by atoms with Gasteiger partial charge in [-0.2, -0.15) is 16.8 Å². The fraction of sp³-hybridized carbons (Fsp3) is 0.143. The standard InChI is InChI=1S/C28H24ClNO8S2/c1-2-18(13-28-30(17-40(34,35)36)24-15-21(29)9-11-26(24)38-28)12-27-23(16-39(31,32)33)22-14-20(8-10-25(22)37-27)19-6-4-3-5-7-19/h3-15H,2,16-17H2,1H3,(H,31,32,33)(H,34,35,36)/b18-12-,28-13+. The maximum absolute atomic E-state index is 12.0. The smallest absolute Gasteiger partial charge is 0.283 e. The van der Waals surface area contributed by atoms with Gasteiger partial charge in [-0.1, -0.05) is 54.9 Å². The van der Waals surface area contributed by atoms with Gasteiger partial charge in [0.15, 0.2) is 11.6 Å². The Morgan fingerprint density at radius 3 is 2.38 bits per heavy atom. The van der Waals surface area contributed by atoms with E-state index in [4.69, 9.17) is 20.8 Å². The Hall–Kier alpha value is -3.61. The van der Waals surface area contributed by atoms with Gasteiger partial charge >= 0.3 is 0 Å². The van der Waals surface area contributed by atoms with Crippen molar-refractivity contribution in [1.29, 1.82) is 0 Å². The summed E-state index contributed by atoms with van der Waals surface area (Å²) in [6.45, 7) is 1.84. The second-order valence-corrected chi connectivity index (χ2v) is 12.5. The minimum atomic E-state index is -4.44. The lowest BCUT2D eigenvalue weighted by Gasteiger charge is -2.16. The predicted octanol–water partition coefficient (Wildman–Crippen LogP) is 6.52. The number of allylic oxidation sites excluding steroid dienone is 2. The second kappa shape index (κ2) is 10.8. The average molecular weight is 602 g/mol. The van der Waals surface area contributed by atoms with Crippen LogP contribution in [0.15, 0.2) is 88.7 Å². The van der Waals surface area contributed by atoms with Gasteiger partial charge in [-0.05, 0) is 59.5 Å². The van der Waals surface area contributed by atoms with Gasteiger partial charge in [0, 0.05) is 22.0 Å². The number of hydrogen-bond donors (Lipinski definition) is 2. The third kappa shape index (κ3) is 6.24. The molecule has 1 aliphatic rings. The van der Waals surface area contributed by atoms with Crippen LogP contribution >= 0.6 is 11.6 Å². The van der Waals surface area contributed by atoms with E-state index in [1.807, 2.05) is 49.4 Å². The number of hydrogen-bond acceptors (Lipinski definition) is 7. The summed E-state index contributed by atoms with van der Waals surface area (Å²) in [5, 5.41) is 0.877. The molecule has 9 nitrogen and oxygen atoms in total. The van der Waals surface area contributed by atoms with Crippen LogP contribution in [0.2, 0.25) is 5.02 Å². The summed E-state index contributed by atoms with van der Waals surface area (Å²) in [5.74, 6) is -0.774. The highest BCUT2D eigenvalue weighted by atomic mass is 35.5. The van der Waals surface area contributed by atoms with Crippen molar-refractivity contribution in [3.05, 3.63) is 101 Å². The molecule has 0 bridgehead atoms. The van der Waals surface area contributed by atoms with E-state index in [9.17, 15) is 25.9 Å². The van der Waals surface area contributed by atoms with Crippen molar-refractivity contribution in [3.63, 3.8) is 0 Å². The Labute approximate surface area is 236 Å². The van der Waals surface area contributed by atoms with Crippen molar-refractivity contribution in [2.75, 3.05) is 10.8 Å². The molecule has 0 aliphatic carbocycles. The van der Waals surface area contributed by atoms with Gasteiger partial charge in [-0.15, -0.1) is 0 Å². The van der Waals surface area contributed by atoms with Crippen LogP contribution in [0, 0.1) is 0 Å². The third-order valence-corrected chi connectivity index (χ3v) is 7.75. The summed E-state index contributed by atoms with van der Waals surface area (Å²) >= 11 is 6.10. The van der Waals surface area contributed by atoms with Crippen molar-refractivity contribution in [2.24, 2.45) is 0 Å². The van der Waals surface area contributed by atoms with E-state index in [1.54, 1.807) is 30.4 Å². The molecule has 0 spiro atoms. The maximum Gasteiger partial charge on any atom is 0.283 e. The summed E-state index contributed by atoms with van der Waals surface area (Å²) in [5.41, 5.74) is 3.42. The minimum absolute atomic E-state index is 0.113. The van der Waals surface area contributed by atoms with Crippen LogP contribution in [-0.4, -0.2) is 31.8 Å². The lowest BCUT2D eigenvalue weighted by molar-refractivity contribution is 0.436. The quantitative estimate of drug-likeness (QED) is 0.216. The van der Waals surface area contributed by atoms with Crippen LogP contribution in [0.4, 0.5) is 5.69 Å². The second-order valence-electron chi connectivity index (χ2n) is 9.16. The zero-order valence-corrected chi connectivity index (χ0v) is 23.5. The topological polar surface area (TPSA) is 134 Å². The van der Waals surface area contributed by atoms with Gasteiger partial charge in [-0.25, -0.2) is 0 Å². The first-order valence-electron chi connectivity index (χ1n) is 12.1. The first-order valence-corrected chi connectivity index (χ1v) is 15.7. The Morgan fingerprint density at radius 1 is 0.950 bits per heavy atom. The molecule has 0 fully saturated rings. The van der Waals surface area contributed by atoms with Gasteiger partial charge < -0.3 is 9.15 Å². The number of nitrogens with zero attached hydrogens (tertiary/aromatic N) is 1. The van der Waals surface area contributed by atoms with Gasteiger partial charge in [-0.3, -0.25) is 14.0 Å².